The van der Waals surface area contributed by atoms with Crippen LogP contribution in [0.4, 0.5) is 0 Å². The lowest BCUT2D eigenvalue weighted by atomic mass is 9.92. The summed E-state index contributed by atoms with van der Waals surface area (Å²) in [5.41, 5.74) is 0. The number of ether oxygens (including phenoxy) is 2. The third kappa shape index (κ3) is 5.31. The van der Waals surface area contributed by atoms with Gasteiger partial charge < -0.3 is 19.9 Å². The molecule has 1 aliphatic heterocycles. The standard InChI is InChI=1S/C17H25NO4/c1-13(22-15-5-3-2-4-6-15)17(20)18-10-7-16(19)14-8-11-21-12-9-14/h2-6,13-14,16,19H,7-12H2,1H3,(H,18,20). The summed E-state index contributed by atoms with van der Waals surface area (Å²) in [7, 11) is 0. The van der Waals surface area contributed by atoms with Crippen molar-refractivity contribution in [1.82, 2.24) is 5.32 Å². The second-order valence-corrected chi connectivity index (χ2v) is 5.67. The summed E-state index contributed by atoms with van der Waals surface area (Å²) >= 11 is 0. The third-order valence-corrected chi connectivity index (χ3v) is 3.97. The van der Waals surface area contributed by atoms with Gasteiger partial charge in [-0.1, -0.05) is 18.2 Å². The van der Waals surface area contributed by atoms with Crippen molar-refractivity contribution in [1.29, 1.82) is 0 Å². The molecule has 0 radical (unpaired) electrons. The highest BCUT2D eigenvalue weighted by Crippen LogP contribution is 2.20. The maximum atomic E-state index is 12.0. The summed E-state index contributed by atoms with van der Waals surface area (Å²) in [5, 5.41) is 12.9. The molecule has 1 fully saturated rings. The number of carbonyl (C=O) groups is 1. The molecule has 0 aliphatic carbocycles. The van der Waals surface area contributed by atoms with Crippen LogP contribution in [0.1, 0.15) is 26.2 Å². The first-order valence-electron chi connectivity index (χ1n) is 7.92. The van der Waals surface area contributed by atoms with E-state index < -0.39 is 6.10 Å². The largest absolute Gasteiger partial charge is 0.481 e. The van der Waals surface area contributed by atoms with Crippen LogP contribution in [0.2, 0.25) is 0 Å². The summed E-state index contributed by atoms with van der Waals surface area (Å²) in [5.74, 6) is 0.791. The van der Waals surface area contributed by atoms with E-state index in [0.29, 0.717) is 18.7 Å². The number of rotatable bonds is 7. The fraction of sp³-hybridized carbons (Fsp3) is 0.588. The number of amides is 1. The zero-order chi connectivity index (χ0) is 15.8. The molecule has 122 valence electrons. The van der Waals surface area contributed by atoms with Crippen LogP contribution in [0, 0.1) is 5.92 Å². The number of benzene rings is 1. The van der Waals surface area contributed by atoms with Gasteiger partial charge in [0.25, 0.3) is 5.91 Å². The molecule has 2 N–H and O–H groups in total. The van der Waals surface area contributed by atoms with Gasteiger partial charge in [-0.15, -0.1) is 0 Å². The topological polar surface area (TPSA) is 67.8 Å². The average Bonchev–Trinajstić information content (AvgIpc) is 2.56. The molecular weight excluding hydrogens is 282 g/mol. The first-order chi connectivity index (χ1) is 10.7. The number of carbonyl (C=O) groups excluding carboxylic acids is 1. The van der Waals surface area contributed by atoms with Crippen LogP contribution in [0.3, 0.4) is 0 Å². The van der Waals surface area contributed by atoms with Crippen molar-refractivity contribution in [2.75, 3.05) is 19.8 Å². The SMILES string of the molecule is CC(Oc1ccccc1)C(=O)NCCC(O)C1CCOCC1. The first-order valence-corrected chi connectivity index (χ1v) is 7.92. The summed E-state index contributed by atoms with van der Waals surface area (Å²) in [6.45, 7) is 3.61. The highest BCUT2D eigenvalue weighted by Gasteiger charge is 2.22. The fourth-order valence-electron chi connectivity index (χ4n) is 2.58. The minimum absolute atomic E-state index is 0.164. The summed E-state index contributed by atoms with van der Waals surface area (Å²) in [4.78, 5) is 12.0. The van der Waals surface area contributed by atoms with Gasteiger partial charge in [0.1, 0.15) is 5.75 Å². The first kappa shape index (κ1) is 16.8. The van der Waals surface area contributed by atoms with Crippen molar-refractivity contribution in [2.24, 2.45) is 5.92 Å². The fourth-order valence-corrected chi connectivity index (χ4v) is 2.58. The van der Waals surface area contributed by atoms with Gasteiger partial charge >= 0.3 is 0 Å². The molecule has 5 heteroatoms. The van der Waals surface area contributed by atoms with Crippen LogP contribution >= 0.6 is 0 Å². The average molecular weight is 307 g/mol. The van der Waals surface area contributed by atoms with E-state index >= 15 is 0 Å². The van der Waals surface area contributed by atoms with Gasteiger partial charge in [-0.2, -0.15) is 0 Å². The Morgan fingerprint density at radius 3 is 2.73 bits per heavy atom. The minimum atomic E-state index is -0.553. The Kier molecular flexibility index (Phi) is 6.68. The molecule has 5 nitrogen and oxygen atoms in total. The maximum Gasteiger partial charge on any atom is 0.260 e. The molecule has 2 atom stereocenters. The van der Waals surface area contributed by atoms with Gasteiger partial charge in [0.15, 0.2) is 6.10 Å². The Hall–Kier alpha value is -1.59. The molecule has 22 heavy (non-hydrogen) atoms. The molecule has 0 bridgehead atoms. The van der Waals surface area contributed by atoms with Crippen molar-refractivity contribution in [3.63, 3.8) is 0 Å². The molecule has 0 saturated carbocycles. The highest BCUT2D eigenvalue weighted by atomic mass is 16.5. The molecule has 1 heterocycles. The number of nitrogens with one attached hydrogen (secondary N) is 1. The monoisotopic (exact) mass is 307 g/mol. The van der Waals surface area contributed by atoms with E-state index in [1.54, 1.807) is 6.92 Å². The molecule has 2 unspecified atom stereocenters. The Bertz CT molecular complexity index is 445. The van der Waals surface area contributed by atoms with E-state index in [1.165, 1.54) is 0 Å². The van der Waals surface area contributed by atoms with Gasteiger partial charge in [-0.25, -0.2) is 0 Å². The van der Waals surface area contributed by atoms with Crippen molar-refractivity contribution in [2.45, 2.75) is 38.4 Å². The number of aliphatic hydroxyl groups is 1. The molecule has 1 amide bonds. The van der Waals surface area contributed by atoms with E-state index in [0.717, 1.165) is 26.1 Å². The lowest BCUT2D eigenvalue weighted by molar-refractivity contribution is -0.127. The Balaban J connectivity index is 1.66. The zero-order valence-corrected chi connectivity index (χ0v) is 13.0. The third-order valence-electron chi connectivity index (χ3n) is 3.97. The Morgan fingerprint density at radius 2 is 2.05 bits per heavy atom. The Morgan fingerprint density at radius 1 is 1.36 bits per heavy atom. The number of para-hydroxylation sites is 1. The second kappa shape index (κ2) is 8.76. The molecule has 1 aromatic rings. The van der Waals surface area contributed by atoms with Crippen LogP contribution in [-0.2, 0) is 9.53 Å². The zero-order valence-electron chi connectivity index (χ0n) is 13.0. The molecule has 1 aliphatic rings. The van der Waals surface area contributed by atoms with Crippen LogP contribution in [0.25, 0.3) is 0 Å². The van der Waals surface area contributed by atoms with E-state index in [2.05, 4.69) is 5.32 Å². The Labute approximate surface area is 131 Å². The van der Waals surface area contributed by atoms with Gasteiger partial charge in [0, 0.05) is 19.8 Å². The van der Waals surface area contributed by atoms with Gasteiger partial charge in [0.05, 0.1) is 6.10 Å². The predicted octanol–water partition coefficient (Wildman–Crippen LogP) is 1.75. The lowest BCUT2D eigenvalue weighted by Gasteiger charge is -2.26. The molecule has 0 aromatic heterocycles. The number of hydrogen-bond acceptors (Lipinski definition) is 4. The van der Waals surface area contributed by atoms with Gasteiger partial charge in [-0.3, -0.25) is 4.79 Å². The molecule has 0 spiro atoms. The van der Waals surface area contributed by atoms with E-state index in [4.69, 9.17) is 9.47 Å². The smallest absolute Gasteiger partial charge is 0.260 e. The number of aliphatic hydroxyl groups excluding tert-OH is 1. The highest BCUT2D eigenvalue weighted by molar-refractivity contribution is 5.80. The predicted molar refractivity (Wildman–Crippen MR) is 83.7 cm³/mol. The second-order valence-electron chi connectivity index (χ2n) is 5.67. The van der Waals surface area contributed by atoms with Crippen LogP contribution in [-0.4, -0.2) is 43.0 Å². The van der Waals surface area contributed by atoms with Crippen molar-refractivity contribution < 1.29 is 19.4 Å². The van der Waals surface area contributed by atoms with E-state index in [9.17, 15) is 9.90 Å². The summed E-state index contributed by atoms with van der Waals surface area (Å²) in [6, 6.07) is 9.26. The van der Waals surface area contributed by atoms with Gasteiger partial charge in [0.2, 0.25) is 0 Å². The van der Waals surface area contributed by atoms with Crippen molar-refractivity contribution >= 4 is 5.91 Å². The van der Waals surface area contributed by atoms with Crippen molar-refractivity contribution in [3.8, 4) is 5.75 Å². The van der Waals surface area contributed by atoms with E-state index in [-0.39, 0.29) is 17.9 Å². The van der Waals surface area contributed by atoms with E-state index in [1.807, 2.05) is 30.3 Å². The summed E-state index contributed by atoms with van der Waals surface area (Å²) < 4.78 is 10.8. The quantitative estimate of drug-likeness (QED) is 0.805. The lowest BCUT2D eigenvalue weighted by Crippen LogP contribution is -2.38. The molecular formula is C17H25NO4. The van der Waals surface area contributed by atoms with Crippen LogP contribution < -0.4 is 10.1 Å². The molecule has 1 aromatic carbocycles. The molecule has 2 rings (SSSR count). The minimum Gasteiger partial charge on any atom is -0.481 e. The van der Waals surface area contributed by atoms with Crippen LogP contribution in [0.15, 0.2) is 30.3 Å². The molecule has 1 saturated heterocycles. The van der Waals surface area contributed by atoms with Crippen molar-refractivity contribution in [3.05, 3.63) is 30.3 Å². The van der Waals surface area contributed by atoms with Gasteiger partial charge in [-0.05, 0) is 44.2 Å². The normalized spacial score (nSPS) is 18.5. The maximum absolute atomic E-state index is 12.0. The summed E-state index contributed by atoms with van der Waals surface area (Å²) in [6.07, 6.45) is 1.41. The van der Waals surface area contributed by atoms with Crippen LogP contribution in [0.5, 0.6) is 5.75 Å². The number of hydrogen-bond donors (Lipinski definition) is 2.